The number of benzene rings is 1. The molecule has 20 heavy (non-hydrogen) atoms. The van der Waals surface area contributed by atoms with E-state index in [1.54, 1.807) is 12.1 Å². The molecule has 0 aromatic heterocycles. The Balaban J connectivity index is 2.83. The number of terminal acetylenes is 1. The Morgan fingerprint density at radius 1 is 1.55 bits per heavy atom. The second-order valence-corrected chi connectivity index (χ2v) is 4.87. The third-order valence-corrected chi connectivity index (χ3v) is 3.04. The lowest BCUT2D eigenvalue weighted by Crippen LogP contribution is -2.35. The van der Waals surface area contributed by atoms with E-state index < -0.39 is 17.8 Å². The fraction of sp³-hybridized carbons (Fsp3) is 0.400. The van der Waals surface area contributed by atoms with Crippen molar-refractivity contribution < 1.29 is 9.18 Å². The quantitative estimate of drug-likeness (QED) is 0.809. The highest BCUT2D eigenvalue weighted by molar-refractivity contribution is 5.95. The minimum Gasteiger partial charge on any atom is -0.370 e. The van der Waals surface area contributed by atoms with Crippen molar-refractivity contribution in [3.8, 4) is 12.3 Å². The van der Waals surface area contributed by atoms with E-state index in [0.717, 1.165) is 0 Å². The normalized spacial score (nSPS) is 11.8. The molecule has 1 aromatic carbocycles. The fourth-order valence-corrected chi connectivity index (χ4v) is 1.60. The first-order valence-electron chi connectivity index (χ1n) is 6.39. The Kier molecular flexibility index (Phi) is 5.53. The summed E-state index contributed by atoms with van der Waals surface area (Å²) in [7, 11) is 1.81. The molecule has 1 amide bonds. The molecule has 0 saturated heterocycles. The molecule has 0 aliphatic rings. The molecule has 1 atom stereocenters. The Morgan fingerprint density at radius 2 is 2.20 bits per heavy atom. The highest BCUT2D eigenvalue weighted by atomic mass is 19.1. The van der Waals surface area contributed by atoms with Gasteiger partial charge in [0.25, 0.3) is 0 Å². The summed E-state index contributed by atoms with van der Waals surface area (Å²) in [5.41, 5.74) is 6.41. The summed E-state index contributed by atoms with van der Waals surface area (Å²) in [6, 6.07) is 3.92. The number of rotatable bonds is 5. The van der Waals surface area contributed by atoms with E-state index in [-0.39, 0.29) is 12.5 Å². The lowest BCUT2D eigenvalue weighted by molar-refractivity contribution is -0.117. The standard InChI is InChI=1S/C15H20FN3O/c1-5-6-13(17)15(20)18-11-7-8-14(12(16)9-11)19(4)10(2)3/h1,7-10,13H,6,17H2,2-4H3,(H,18,20). The molecular formula is C15H20FN3O. The number of nitrogens with two attached hydrogens (primary N) is 1. The molecule has 1 aromatic rings. The van der Waals surface area contributed by atoms with E-state index >= 15 is 0 Å². The van der Waals surface area contributed by atoms with Crippen molar-refractivity contribution in [1.29, 1.82) is 0 Å². The zero-order valence-electron chi connectivity index (χ0n) is 12.0. The number of carbonyl (C=O) groups excluding carboxylic acids is 1. The van der Waals surface area contributed by atoms with Gasteiger partial charge in [-0.2, -0.15) is 0 Å². The summed E-state index contributed by atoms with van der Waals surface area (Å²) >= 11 is 0. The van der Waals surface area contributed by atoms with Crippen LogP contribution in [0.4, 0.5) is 15.8 Å². The first-order chi connectivity index (χ1) is 9.36. The van der Waals surface area contributed by atoms with E-state index in [2.05, 4.69) is 11.2 Å². The minimum absolute atomic E-state index is 0.141. The van der Waals surface area contributed by atoms with E-state index in [1.165, 1.54) is 6.07 Å². The van der Waals surface area contributed by atoms with Crippen LogP contribution in [0.15, 0.2) is 18.2 Å². The van der Waals surface area contributed by atoms with Crippen LogP contribution in [0, 0.1) is 18.2 Å². The maximum atomic E-state index is 14.0. The van der Waals surface area contributed by atoms with E-state index in [4.69, 9.17) is 12.2 Å². The van der Waals surface area contributed by atoms with Crippen LogP contribution >= 0.6 is 0 Å². The van der Waals surface area contributed by atoms with Gasteiger partial charge < -0.3 is 16.0 Å². The number of anilines is 2. The second-order valence-electron chi connectivity index (χ2n) is 4.87. The lowest BCUT2D eigenvalue weighted by atomic mass is 10.2. The van der Waals surface area contributed by atoms with Crippen LogP contribution in [-0.2, 0) is 4.79 Å². The molecular weight excluding hydrogens is 257 g/mol. The number of halogens is 1. The summed E-state index contributed by atoms with van der Waals surface area (Å²) < 4.78 is 14.0. The average molecular weight is 277 g/mol. The Hall–Kier alpha value is -2.06. The first kappa shape index (κ1) is 16.0. The van der Waals surface area contributed by atoms with E-state index in [9.17, 15) is 9.18 Å². The highest BCUT2D eigenvalue weighted by Gasteiger charge is 2.15. The molecule has 1 unspecified atom stereocenters. The summed E-state index contributed by atoms with van der Waals surface area (Å²) in [6.07, 6.45) is 5.23. The monoisotopic (exact) mass is 277 g/mol. The van der Waals surface area contributed by atoms with Gasteiger partial charge in [-0.25, -0.2) is 4.39 Å². The third kappa shape index (κ3) is 3.97. The molecule has 0 bridgehead atoms. The average Bonchev–Trinajstić information content (AvgIpc) is 2.38. The number of carbonyl (C=O) groups is 1. The van der Waals surface area contributed by atoms with Crippen molar-refractivity contribution in [1.82, 2.24) is 0 Å². The molecule has 0 radical (unpaired) electrons. The Labute approximate surface area is 119 Å². The third-order valence-electron chi connectivity index (χ3n) is 3.04. The van der Waals surface area contributed by atoms with Crippen LogP contribution in [0.3, 0.4) is 0 Å². The molecule has 4 nitrogen and oxygen atoms in total. The maximum absolute atomic E-state index is 14.0. The largest absolute Gasteiger partial charge is 0.370 e. The lowest BCUT2D eigenvalue weighted by Gasteiger charge is -2.24. The summed E-state index contributed by atoms with van der Waals surface area (Å²) in [5.74, 6) is 1.49. The van der Waals surface area contributed by atoms with Crippen LogP contribution in [0.1, 0.15) is 20.3 Å². The van der Waals surface area contributed by atoms with Crippen LogP contribution in [0.2, 0.25) is 0 Å². The van der Waals surface area contributed by atoms with Gasteiger partial charge in [0.05, 0.1) is 11.7 Å². The zero-order valence-corrected chi connectivity index (χ0v) is 12.0. The van der Waals surface area contributed by atoms with Gasteiger partial charge >= 0.3 is 0 Å². The van der Waals surface area contributed by atoms with Crippen molar-refractivity contribution >= 4 is 17.3 Å². The number of amides is 1. The fourth-order valence-electron chi connectivity index (χ4n) is 1.60. The Morgan fingerprint density at radius 3 is 2.70 bits per heavy atom. The number of nitrogens with zero attached hydrogens (tertiary/aromatic N) is 1. The molecule has 0 aliphatic carbocycles. The predicted molar refractivity (Wildman–Crippen MR) is 80.0 cm³/mol. The van der Waals surface area contributed by atoms with Gasteiger partial charge in [-0.1, -0.05) is 0 Å². The van der Waals surface area contributed by atoms with Crippen LogP contribution < -0.4 is 16.0 Å². The number of nitrogens with one attached hydrogen (secondary N) is 1. The van der Waals surface area contributed by atoms with Gasteiger partial charge in [-0.15, -0.1) is 12.3 Å². The van der Waals surface area contributed by atoms with Crippen LogP contribution in [-0.4, -0.2) is 25.0 Å². The smallest absolute Gasteiger partial charge is 0.242 e. The van der Waals surface area contributed by atoms with Crippen molar-refractivity contribution in [3.63, 3.8) is 0 Å². The maximum Gasteiger partial charge on any atom is 0.242 e. The predicted octanol–water partition coefficient (Wildman–Crippen LogP) is 1.96. The van der Waals surface area contributed by atoms with Crippen molar-refractivity contribution in [3.05, 3.63) is 24.0 Å². The Bertz CT molecular complexity index is 522. The topological polar surface area (TPSA) is 58.4 Å². The van der Waals surface area contributed by atoms with Gasteiger partial charge in [0.2, 0.25) is 5.91 Å². The molecule has 0 saturated carbocycles. The van der Waals surface area contributed by atoms with Gasteiger partial charge in [0.15, 0.2) is 0 Å². The summed E-state index contributed by atoms with van der Waals surface area (Å²) in [4.78, 5) is 13.5. The summed E-state index contributed by atoms with van der Waals surface area (Å²) in [6.45, 7) is 3.93. The first-order valence-corrected chi connectivity index (χ1v) is 6.39. The second kappa shape index (κ2) is 6.92. The number of hydrogen-bond donors (Lipinski definition) is 2. The van der Waals surface area contributed by atoms with E-state index in [0.29, 0.717) is 11.4 Å². The van der Waals surface area contributed by atoms with Gasteiger partial charge in [0.1, 0.15) is 5.82 Å². The molecule has 1 rings (SSSR count). The molecule has 0 heterocycles. The van der Waals surface area contributed by atoms with Gasteiger partial charge in [-0.3, -0.25) is 4.79 Å². The summed E-state index contributed by atoms with van der Waals surface area (Å²) in [5, 5.41) is 2.54. The van der Waals surface area contributed by atoms with E-state index in [1.807, 2.05) is 25.8 Å². The highest BCUT2D eigenvalue weighted by Crippen LogP contribution is 2.23. The van der Waals surface area contributed by atoms with Crippen molar-refractivity contribution in [2.24, 2.45) is 5.73 Å². The van der Waals surface area contributed by atoms with Crippen molar-refractivity contribution in [2.75, 3.05) is 17.3 Å². The molecule has 5 heteroatoms. The van der Waals surface area contributed by atoms with Gasteiger partial charge in [0, 0.05) is 25.2 Å². The SMILES string of the molecule is C#CCC(N)C(=O)Nc1ccc(N(C)C(C)C)c(F)c1. The van der Waals surface area contributed by atoms with Crippen LogP contribution in [0.25, 0.3) is 0 Å². The molecule has 0 fully saturated rings. The molecule has 3 N–H and O–H groups in total. The molecule has 0 aliphatic heterocycles. The zero-order chi connectivity index (χ0) is 15.3. The molecule has 108 valence electrons. The van der Waals surface area contributed by atoms with Crippen LogP contribution in [0.5, 0.6) is 0 Å². The minimum atomic E-state index is -0.791. The number of hydrogen-bond acceptors (Lipinski definition) is 3. The van der Waals surface area contributed by atoms with Gasteiger partial charge in [-0.05, 0) is 32.0 Å². The van der Waals surface area contributed by atoms with Crippen molar-refractivity contribution in [2.45, 2.75) is 32.4 Å². The molecule has 0 spiro atoms.